The van der Waals surface area contributed by atoms with E-state index in [0.717, 1.165) is 17.0 Å². The second kappa shape index (κ2) is 5.22. The summed E-state index contributed by atoms with van der Waals surface area (Å²) in [5.74, 6) is -0.122. The molecule has 0 spiro atoms. The second-order valence-electron chi connectivity index (χ2n) is 4.64. The Kier molecular flexibility index (Phi) is 3.64. The number of carbonyl (C=O) groups excluding carboxylic acids is 1. The van der Waals surface area contributed by atoms with Gasteiger partial charge < -0.3 is 5.32 Å². The Morgan fingerprint density at radius 2 is 2.16 bits per heavy atom. The molecule has 19 heavy (non-hydrogen) atoms. The van der Waals surface area contributed by atoms with E-state index in [1.165, 1.54) is 0 Å². The lowest BCUT2D eigenvalue weighted by atomic mass is 10.1. The van der Waals surface area contributed by atoms with Crippen LogP contribution in [0.1, 0.15) is 40.3 Å². The highest BCUT2D eigenvalue weighted by molar-refractivity contribution is 5.94. The Hall–Kier alpha value is -2.17. The first-order chi connectivity index (χ1) is 9.00. The molecule has 5 heteroatoms. The van der Waals surface area contributed by atoms with Crippen LogP contribution in [0.15, 0.2) is 24.5 Å². The monoisotopic (exact) mass is 258 g/mol. The van der Waals surface area contributed by atoms with Crippen molar-refractivity contribution >= 4 is 5.91 Å². The number of pyridine rings is 1. The van der Waals surface area contributed by atoms with Crippen molar-refractivity contribution in [3.05, 3.63) is 47.0 Å². The van der Waals surface area contributed by atoms with Crippen LogP contribution in [0, 0.1) is 13.8 Å². The number of nitrogens with zero attached hydrogens (tertiary/aromatic N) is 3. The average molecular weight is 258 g/mol. The summed E-state index contributed by atoms with van der Waals surface area (Å²) in [6.07, 6.45) is 3.21. The van der Waals surface area contributed by atoms with Crippen LogP contribution in [0.3, 0.4) is 0 Å². The quantitative estimate of drug-likeness (QED) is 0.915. The molecule has 0 aliphatic heterocycles. The van der Waals surface area contributed by atoms with Crippen molar-refractivity contribution in [2.45, 2.75) is 26.8 Å². The number of carbonyl (C=O) groups is 1. The number of hydrogen-bond donors (Lipinski definition) is 1. The molecule has 0 saturated heterocycles. The minimum atomic E-state index is -0.122. The lowest BCUT2D eigenvalue weighted by Crippen LogP contribution is -2.27. The van der Waals surface area contributed by atoms with Crippen molar-refractivity contribution in [1.82, 2.24) is 20.1 Å². The molecule has 0 aliphatic carbocycles. The number of nitrogens with one attached hydrogen (secondary N) is 1. The SMILES string of the molecule is Cc1nn(C)c(C)c1C(C)NC(=O)c1cccnc1. The topological polar surface area (TPSA) is 59.8 Å². The summed E-state index contributed by atoms with van der Waals surface area (Å²) in [6.45, 7) is 5.92. The van der Waals surface area contributed by atoms with E-state index in [1.54, 1.807) is 24.5 Å². The zero-order chi connectivity index (χ0) is 14.0. The van der Waals surface area contributed by atoms with E-state index < -0.39 is 0 Å². The van der Waals surface area contributed by atoms with E-state index in [2.05, 4.69) is 15.4 Å². The average Bonchev–Trinajstić information content (AvgIpc) is 2.64. The molecular formula is C14H18N4O. The van der Waals surface area contributed by atoms with Crippen molar-refractivity contribution in [2.24, 2.45) is 7.05 Å². The molecule has 1 unspecified atom stereocenters. The van der Waals surface area contributed by atoms with Crippen molar-refractivity contribution in [1.29, 1.82) is 0 Å². The van der Waals surface area contributed by atoms with E-state index >= 15 is 0 Å². The summed E-state index contributed by atoms with van der Waals surface area (Å²) in [6, 6.07) is 3.42. The normalized spacial score (nSPS) is 12.2. The summed E-state index contributed by atoms with van der Waals surface area (Å²) in [5, 5.41) is 7.34. The van der Waals surface area contributed by atoms with Gasteiger partial charge in [-0.1, -0.05) is 0 Å². The highest BCUT2D eigenvalue weighted by Gasteiger charge is 2.18. The van der Waals surface area contributed by atoms with E-state index in [4.69, 9.17) is 0 Å². The predicted molar refractivity (Wildman–Crippen MR) is 72.8 cm³/mol. The molecule has 2 rings (SSSR count). The van der Waals surface area contributed by atoms with Gasteiger partial charge in [0, 0.05) is 30.7 Å². The van der Waals surface area contributed by atoms with Crippen LogP contribution < -0.4 is 5.32 Å². The van der Waals surface area contributed by atoms with Crippen LogP contribution in [0.2, 0.25) is 0 Å². The summed E-state index contributed by atoms with van der Waals surface area (Å²) in [7, 11) is 1.90. The first-order valence-electron chi connectivity index (χ1n) is 6.21. The third-order valence-electron chi connectivity index (χ3n) is 3.27. The van der Waals surface area contributed by atoms with Gasteiger partial charge >= 0.3 is 0 Å². The first-order valence-corrected chi connectivity index (χ1v) is 6.21. The largest absolute Gasteiger partial charge is 0.345 e. The molecular weight excluding hydrogens is 240 g/mol. The van der Waals surface area contributed by atoms with Gasteiger partial charge in [-0.2, -0.15) is 5.10 Å². The second-order valence-corrected chi connectivity index (χ2v) is 4.64. The molecule has 0 fully saturated rings. The minimum absolute atomic E-state index is 0.0820. The molecule has 0 bridgehead atoms. The van der Waals surface area contributed by atoms with Gasteiger partial charge in [-0.15, -0.1) is 0 Å². The van der Waals surface area contributed by atoms with Crippen LogP contribution in [0.25, 0.3) is 0 Å². The molecule has 0 radical (unpaired) electrons. The van der Waals surface area contributed by atoms with Crippen LogP contribution in [-0.2, 0) is 7.05 Å². The molecule has 1 amide bonds. The maximum Gasteiger partial charge on any atom is 0.253 e. The Morgan fingerprint density at radius 1 is 1.42 bits per heavy atom. The highest BCUT2D eigenvalue weighted by Crippen LogP contribution is 2.20. The number of rotatable bonds is 3. The van der Waals surface area contributed by atoms with Crippen molar-refractivity contribution in [3.8, 4) is 0 Å². The maximum atomic E-state index is 12.1. The van der Waals surface area contributed by atoms with Crippen LogP contribution in [0.4, 0.5) is 0 Å². The Bertz CT molecular complexity index is 589. The third-order valence-corrected chi connectivity index (χ3v) is 3.27. The molecule has 1 N–H and O–H groups in total. The van der Waals surface area contributed by atoms with Crippen molar-refractivity contribution in [2.75, 3.05) is 0 Å². The molecule has 100 valence electrons. The van der Waals surface area contributed by atoms with Gasteiger partial charge in [-0.25, -0.2) is 0 Å². The molecule has 2 aromatic rings. The van der Waals surface area contributed by atoms with E-state index in [-0.39, 0.29) is 11.9 Å². The fraction of sp³-hybridized carbons (Fsp3) is 0.357. The Labute approximate surface area is 112 Å². The van der Waals surface area contributed by atoms with E-state index in [9.17, 15) is 4.79 Å². The van der Waals surface area contributed by atoms with E-state index in [0.29, 0.717) is 5.56 Å². The predicted octanol–water partition coefficient (Wildman–Crippen LogP) is 1.92. The van der Waals surface area contributed by atoms with Gasteiger partial charge in [-0.05, 0) is 32.9 Å². The molecule has 1 atom stereocenters. The molecule has 0 aliphatic rings. The number of amides is 1. The van der Waals surface area contributed by atoms with Crippen molar-refractivity contribution < 1.29 is 4.79 Å². The summed E-state index contributed by atoms with van der Waals surface area (Å²) < 4.78 is 1.83. The molecule has 2 aromatic heterocycles. The van der Waals surface area contributed by atoms with Crippen LogP contribution in [0.5, 0.6) is 0 Å². The van der Waals surface area contributed by atoms with Gasteiger partial charge in [0.15, 0.2) is 0 Å². The molecule has 0 aromatic carbocycles. The fourth-order valence-electron chi connectivity index (χ4n) is 2.27. The van der Waals surface area contributed by atoms with E-state index in [1.807, 2.05) is 32.5 Å². The van der Waals surface area contributed by atoms with Gasteiger partial charge in [0.2, 0.25) is 0 Å². The first kappa shape index (κ1) is 13.3. The van der Waals surface area contributed by atoms with Gasteiger partial charge in [0.05, 0.1) is 17.3 Å². The summed E-state index contributed by atoms with van der Waals surface area (Å²) in [5.41, 5.74) is 3.64. The maximum absolute atomic E-state index is 12.1. The summed E-state index contributed by atoms with van der Waals surface area (Å²) in [4.78, 5) is 16.0. The van der Waals surface area contributed by atoms with Crippen LogP contribution in [-0.4, -0.2) is 20.7 Å². The fourth-order valence-corrected chi connectivity index (χ4v) is 2.27. The number of aryl methyl sites for hydroxylation is 2. The zero-order valence-corrected chi connectivity index (χ0v) is 11.6. The molecule has 2 heterocycles. The van der Waals surface area contributed by atoms with Gasteiger partial charge in [-0.3, -0.25) is 14.5 Å². The van der Waals surface area contributed by atoms with Crippen LogP contribution >= 0.6 is 0 Å². The Balaban J connectivity index is 2.18. The Morgan fingerprint density at radius 3 is 2.68 bits per heavy atom. The molecule has 0 saturated carbocycles. The smallest absolute Gasteiger partial charge is 0.253 e. The van der Waals surface area contributed by atoms with Crippen molar-refractivity contribution in [3.63, 3.8) is 0 Å². The number of aromatic nitrogens is 3. The molecule has 5 nitrogen and oxygen atoms in total. The number of hydrogen-bond acceptors (Lipinski definition) is 3. The minimum Gasteiger partial charge on any atom is -0.345 e. The lowest BCUT2D eigenvalue weighted by molar-refractivity contribution is 0.0939. The highest BCUT2D eigenvalue weighted by atomic mass is 16.1. The third kappa shape index (κ3) is 2.65. The lowest BCUT2D eigenvalue weighted by Gasteiger charge is -2.14. The standard InChI is InChI=1S/C14H18N4O/c1-9(13-10(2)17-18(4)11(13)3)16-14(19)12-6-5-7-15-8-12/h5-9H,1-4H3,(H,16,19). The van der Waals surface area contributed by atoms with Gasteiger partial charge in [0.25, 0.3) is 5.91 Å². The zero-order valence-electron chi connectivity index (χ0n) is 11.6. The summed E-state index contributed by atoms with van der Waals surface area (Å²) >= 11 is 0. The van der Waals surface area contributed by atoms with Gasteiger partial charge in [0.1, 0.15) is 0 Å².